The van der Waals surface area contributed by atoms with Crippen molar-refractivity contribution in [3.05, 3.63) is 48.5 Å². The van der Waals surface area contributed by atoms with Gasteiger partial charge >= 0.3 is 0 Å². The van der Waals surface area contributed by atoms with Crippen molar-refractivity contribution in [1.29, 1.82) is 0 Å². The molecular formula is C19H29N5O. The molecule has 1 aromatic heterocycles. The van der Waals surface area contributed by atoms with Crippen molar-refractivity contribution in [3.8, 4) is 5.75 Å². The van der Waals surface area contributed by atoms with Crippen LogP contribution in [0.4, 0.5) is 0 Å². The smallest absolute Gasteiger partial charge is 0.191 e. The van der Waals surface area contributed by atoms with Gasteiger partial charge in [0, 0.05) is 32.0 Å². The van der Waals surface area contributed by atoms with Crippen molar-refractivity contribution in [2.24, 2.45) is 4.99 Å². The van der Waals surface area contributed by atoms with Crippen LogP contribution in [0.1, 0.15) is 25.6 Å². The molecule has 0 atom stereocenters. The molecule has 0 saturated carbocycles. The van der Waals surface area contributed by atoms with E-state index >= 15 is 0 Å². The van der Waals surface area contributed by atoms with Crippen LogP contribution in [0.3, 0.4) is 0 Å². The van der Waals surface area contributed by atoms with Gasteiger partial charge in [0.25, 0.3) is 0 Å². The van der Waals surface area contributed by atoms with Gasteiger partial charge in [-0.25, -0.2) is 4.98 Å². The average molecular weight is 343 g/mol. The summed E-state index contributed by atoms with van der Waals surface area (Å²) in [6.07, 6.45) is 6.01. The van der Waals surface area contributed by atoms with Crippen molar-refractivity contribution < 1.29 is 4.74 Å². The van der Waals surface area contributed by atoms with Crippen LogP contribution in [0, 0.1) is 6.92 Å². The molecule has 0 aliphatic heterocycles. The van der Waals surface area contributed by atoms with Gasteiger partial charge in [0.05, 0.1) is 6.54 Å². The van der Waals surface area contributed by atoms with E-state index in [0.29, 0.717) is 6.61 Å². The van der Waals surface area contributed by atoms with Crippen molar-refractivity contribution in [3.63, 3.8) is 0 Å². The Labute approximate surface area is 150 Å². The highest BCUT2D eigenvalue weighted by Crippen LogP contribution is 2.07. The molecular weight excluding hydrogens is 314 g/mol. The lowest BCUT2D eigenvalue weighted by Crippen LogP contribution is -2.39. The number of aromatic nitrogens is 2. The Morgan fingerprint density at radius 3 is 2.76 bits per heavy atom. The number of nitrogens with zero attached hydrogens (tertiary/aromatic N) is 3. The molecule has 0 radical (unpaired) electrons. The minimum Gasteiger partial charge on any atom is -0.492 e. The molecule has 0 spiro atoms. The van der Waals surface area contributed by atoms with Gasteiger partial charge in [0.2, 0.25) is 0 Å². The molecule has 6 nitrogen and oxygen atoms in total. The zero-order valence-corrected chi connectivity index (χ0v) is 15.2. The molecule has 0 bridgehead atoms. The van der Waals surface area contributed by atoms with Crippen molar-refractivity contribution in [2.45, 2.75) is 33.2 Å². The third-order valence-corrected chi connectivity index (χ3v) is 3.75. The number of hydrogen-bond acceptors (Lipinski definition) is 3. The van der Waals surface area contributed by atoms with Crippen LogP contribution in [0.5, 0.6) is 5.75 Å². The highest BCUT2D eigenvalue weighted by atomic mass is 16.5. The van der Waals surface area contributed by atoms with Crippen LogP contribution >= 0.6 is 0 Å². The molecule has 25 heavy (non-hydrogen) atoms. The maximum absolute atomic E-state index is 5.68. The van der Waals surface area contributed by atoms with Crippen LogP contribution in [0.2, 0.25) is 0 Å². The lowest BCUT2D eigenvalue weighted by molar-refractivity contribution is 0.322. The van der Waals surface area contributed by atoms with Gasteiger partial charge < -0.3 is 19.9 Å². The zero-order valence-electron chi connectivity index (χ0n) is 15.2. The number of unbranched alkanes of at least 4 members (excludes halogenated alkanes) is 1. The third kappa shape index (κ3) is 7.28. The van der Waals surface area contributed by atoms with Crippen molar-refractivity contribution in [2.75, 3.05) is 26.2 Å². The zero-order chi connectivity index (χ0) is 17.7. The van der Waals surface area contributed by atoms with E-state index < -0.39 is 0 Å². The average Bonchev–Trinajstić information content (AvgIpc) is 3.04. The third-order valence-electron chi connectivity index (χ3n) is 3.75. The fourth-order valence-corrected chi connectivity index (χ4v) is 2.42. The van der Waals surface area contributed by atoms with E-state index in [1.807, 2.05) is 49.6 Å². The molecule has 0 aliphatic carbocycles. The summed E-state index contributed by atoms with van der Waals surface area (Å²) in [6, 6.07) is 9.84. The molecule has 0 amide bonds. The number of para-hydroxylation sites is 1. The van der Waals surface area contributed by atoms with E-state index in [0.717, 1.165) is 56.6 Å². The molecule has 136 valence electrons. The number of aliphatic imine (C=N–C) groups is 1. The molecule has 0 fully saturated rings. The predicted octanol–water partition coefficient (Wildman–Crippen LogP) is 2.61. The minimum absolute atomic E-state index is 0.605. The maximum Gasteiger partial charge on any atom is 0.191 e. The molecule has 6 heteroatoms. The second-order valence-electron chi connectivity index (χ2n) is 5.72. The molecule has 1 heterocycles. The van der Waals surface area contributed by atoms with Crippen molar-refractivity contribution in [1.82, 2.24) is 20.2 Å². The minimum atomic E-state index is 0.605. The van der Waals surface area contributed by atoms with E-state index in [2.05, 4.69) is 32.1 Å². The van der Waals surface area contributed by atoms with Gasteiger partial charge in [0.15, 0.2) is 5.96 Å². The Morgan fingerprint density at radius 2 is 2.04 bits per heavy atom. The number of nitrogens with one attached hydrogen (secondary N) is 2. The topological polar surface area (TPSA) is 63.5 Å². The number of ether oxygens (including phenoxy) is 1. The first kappa shape index (κ1) is 18.8. The number of imidazole rings is 1. The quantitative estimate of drug-likeness (QED) is 0.395. The molecule has 0 saturated heterocycles. The SMILES string of the molecule is CCNC(=NCCCCn1ccnc1C)NCCOc1ccccc1. The summed E-state index contributed by atoms with van der Waals surface area (Å²) in [5.74, 6) is 2.80. The van der Waals surface area contributed by atoms with E-state index in [1.165, 1.54) is 0 Å². The van der Waals surface area contributed by atoms with E-state index in [4.69, 9.17) is 4.74 Å². The molecule has 2 rings (SSSR count). The van der Waals surface area contributed by atoms with Gasteiger partial charge in [-0.1, -0.05) is 18.2 Å². The number of benzene rings is 1. The lowest BCUT2D eigenvalue weighted by atomic mass is 10.3. The number of rotatable bonds is 10. The van der Waals surface area contributed by atoms with E-state index in [-0.39, 0.29) is 0 Å². The highest BCUT2D eigenvalue weighted by molar-refractivity contribution is 5.79. The summed E-state index contributed by atoms with van der Waals surface area (Å²) in [6.45, 7) is 8.07. The van der Waals surface area contributed by atoms with Gasteiger partial charge in [-0.05, 0) is 38.8 Å². The standard InChI is InChI=1S/C19H29N5O/c1-3-20-19(23-13-16-25-18-9-5-4-6-10-18)22-11-7-8-14-24-15-12-21-17(24)2/h4-6,9-10,12,15H,3,7-8,11,13-14,16H2,1-2H3,(H2,20,22,23). The van der Waals surface area contributed by atoms with Gasteiger partial charge in [-0.2, -0.15) is 0 Å². The molecule has 2 N–H and O–H groups in total. The Balaban J connectivity index is 1.62. The fraction of sp³-hybridized carbons (Fsp3) is 0.474. The van der Waals surface area contributed by atoms with Gasteiger partial charge in [-0.3, -0.25) is 4.99 Å². The Bertz CT molecular complexity index is 624. The first-order chi connectivity index (χ1) is 12.3. The Morgan fingerprint density at radius 1 is 1.20 bits per heavy atom. The van der Waals surface area contributed by atoms with Crippen LogP contribution in [0.15, 0.2) is 47.7 Å². The fourth-order valence-electron chi connectivity index (χ4n) is 2.42. The summed E-state index contributed by atoms with van der Waals surface area (Å²) in [7, 11) is 0. The summed E-state index contributed by atoms with van der Waals surface area (Å²) >= 11 is 0. The normalized spacial score (nSPS) is 11.4. The second-order valence-corrected chi connectivity index (χ2v) is 5.72. The van der Waals surface area contributed by atoms with E-state index in [1.54, 1.807) is 0 Å². The lowest BCUT2D eigenvalue weighted by Gasteiger charge is -2.12. The summed E-state index contributed by atoms with van der Waals surface area (Å²) in [4.78, 5) is 8.85. The maximum atomic E-state index is 5.68. The Hall–Kier alpha value is -2.50. The molecule has 1 aromatic carbocycles. The number of aryl methyl sites for hydroxylation is 2. The summed E-state index contributed by atoms with van der Waals surface area (Å²) in [5.41, 5.74) is 0. The van der Waals surface area contributed by atoms with Crippen LogP contribution < -0.4 is 15.4 Å². The number of guanidine groups is 1. The second kappa shape index (κ2) is 11.1. The van der Waals surface area contributed by atoms with E-state index in [9.17, 15) is 0 Å². The largest absolute Gasteiger partial charge is 0.492 e. The van der Waals surface area contributed by atoms with Crippen LogP contribution in [0.25, 0.3) is 0 Å². The van der Waals surface area contributed by atoms with Gasteiger partial charge in [0.1, 0.15) is 18.2 Å². The highest BCUT2D eigenvalue weighted by Gasteiger charge is 1.99. The van der Waals surface area contributed by atoms with Crippen LogP contribution in [-0.4, -0.2) is 41.8 Å². The molecule has 0 aliphatic rings. The van der Waals surface area contributed by atoms with Crippen molar-refractivity contribution >= 4 is 5.96 Å². The summed E-state index contributed by atoms with van der Waals surface area (Å²) < 4.78 is 7.85. The van der Waals surface area contributed by atoms with Crippen LogP contribution in [-0.2, 0) is 6.54 Å². The van der Waals surface area contributed by atoms with Gasteiger partial charge in [-0.15, -0.1) is 0 Å². The Kier molecular flexibility index (Phi) is 8.38. The number of hydrogen-bond donors (Lipinski definition) is 2. The first-order valence-corrected chi connectivity index (χ1v) is 8.97. The first-order valence-electron chi connectivity index (χ1n) is 8.97. The molecule has 2 aromatic rings. The monoisotopic (exact) mass is 343 g/mol. The molecule has 0 unspecified atom stereocenters. The predicted molar refractivity (Wildman–Crippen MR) is 102 cm³/mol. The summed E-state index contributed by atoms with van der Waals surface area (Å²) in [5, 5.41) is 6.57.